The minimum absolute atomic E-state index is 0.0440. The summed E-state index contributed by atoms with van der Waals surface area (Å²) in [4.78, 5) is 11.0. The summed E-state index contributed by atoms with van der Waals surface area (Å²) < 4.78 is 0. The lowest BCUT2D eigenvalue weighted by atomic mass is 9.76. The second kappa shape index (κ2) is 3.05. The highest BCUT2D eigenvalue weighted by molar-refractivity contribution is 5.79. The standard InChI is InChI=1S/C9H17NO2/c1-9(2,3)6-4-8(12)10-7(6)5-11/h6-7,11H,4-5H2,1-3H3,(H,10,12)/t6-,7+/m0/s1. The van der Waals surface area contributed by atoms with Crippen molar-refractivity contribution in [2.45, 2.75) is 33.2 Å². The SMILES string of the molecule is CC(C)(C)[C@H]1CC(=O)N[C@@H]1CO. The first-order chi connectivity index (χ1) is 5.45. The van der Waals surface area contributed by atoms with E-state index in [9.17, 15) is 4.79 Å². The van der Waals surface area contributed by atoms with Crippen molar-refractivity contribution >= 4 is 5.91 Å². The van der Waals surface area contributed by atoms with Crippen LogP contribution in [-0.4, -0.2) is 23.7 Å². The summed E-state index contributed by atoms with van der Waals surface area (Å²) in [5, 5.41) is 11.8. The Balaban J connectivity index is 2.70. The van der Waals surface area contributed by atoms with Gasteiger partial charge in [0.25, 0.3) is 0 Å². The molecule has 3 nitrogen and oxygen atoms in total. The van der Waals surface area contributed by atoms with Gasteiger partial charge in [0.1, 0.15) is 0 Å². The van der Waals surface area contributed by atoms with Crippen molar-refractivity contribution in [2.24, 2.45) is 11.3 Å². The van der Waals surface area contributed by atoms with Gasteiger partial charge in [0.2, 0.25) is 5.91 Å². The number of nitrogens with one attached hydrogen (secondary N) is 1. The molecule has 0 aliphatic carbocycles. The predicted molar refractivity (Wildman–Crippen MR) is 46.6 cm³/mol. The molecule has 1 saturated heterocycles. The van der Waals surface area contributed by atoms with Crippen LogP contribution in [0.15, 0.2) is 0 Å². The molecule has 0 bridgehead atoms. The van der Waals surface area contributed by atoms with Gasteiger partial charge in [-0.05, 0) is 11.3 Å². The molecule has 1 amide bonds. The Morgan fingerprint density at radius 1 is 1.58 bits per heavy atom. The fourth-order valence-corrected chi connectivity index (χ4v) is 1.79. The summed E-state index contributed by atoms with van der Waals surface area (Å²) in [6.45, 7) is 6.34. The third kappa shape index (κ3) is 1.78. The summed E-state index contributed by atoms with van der Waals surface area (Å²) >= 11 is 0. The smallest absolute Gasteiger partial charge is 0.220 e. The van der Waals surface area contributed by atoms with E-state index >= 15 is 0 Å². The highest BCUT2D eigenvalue weighted by Crippen LogP contribution is 2.34. The first-order valence-corrected chi connectivity index (χ1v) is 4.35. The van der Waals surface area contributed by atoms with Crippen molar-refractivity contribution in [3.8, 4) is 0 Å². The zero-order chi connectivity index (χ0) is 9.35. The van der Waals surface area contributed by atoms with Crippen LogP contribution in [-0.2, 0) is 4.79 Å². The lowest BCUT2D eigenvalue weighted by molar-refractivity contribution is -0.119. The van der Waals surface area contributed by atoms with Crippen molar-refractivity contribution in [1.29, 1.82) is 0 Å². The normalized spacial score (nSPS) is 30.5. The molecule has 1 aliphatic heterocycles. The Morgan fingerprint density at radius 3 is 2.50 bits per heavy atom. The molecule has 0 aromatic carbocycles. The van der Waals surface area contributed by atoms with Crippen LogP contribution in [0.1, 0.15) is 27.2 Å². The van der Waals surface area contributed by atoms with E-state index in [1.54, 1.807) is 0 Å². The molecule has 1 heterocycles. The van der Waals surface area contributed by atoms with Crippen molar-refractivity contribution in [3.05, 3.63) is 0 Å². The molecule has 1 rings (SSSR count). The van der Waals surface area contributed by atoms with E-state index in [4.69, 9.17) is 5.11 Å². The van der Waals surface area contributed by atoms with E-state index in [1.165, 1.54) is 0 Å². The van der Waals surface area contributed by atoms with Gasteiger partial charge in [-0.15, -0.1) is 0 Å². The first-order valence-electron chi connectivity index (χ1n) is 4.35. The zero-order valence-corrected chi connectivity index (χ0v) is 7.92. The molecule has 0 aromatic rings. The van der Waals surface area contributed by atoms with Crippen molar-refractivity contribution in [3.63, 3.8) is 0 Å². The van der Waals surface area contributed by atoms with Gasteiger partial charge < -0.3 is 10.4 Å². The molecule has 0 radical (unpaired) electrons. The lowest BCUT2D eigenvalue weighted by Crippen LogP contribution is -2.37. The number of aliphatic hydroxyl groups is 1. The molecular formula is C9H17NO2. The van der Waals surface area contributed by atoms with Crippen LogP contribution in [0.25, 0.3) is 0 Å². The predicted octanol–water partition coefficient (Wildman–Crippen LogP) is 0.529. The Hall–Kier alpha value is -0.570. The van der Waals surface area contributed by atoms with Crippen LogP contribution in [0, 0.1) is 11.3 Å². The molecule has 3 heteroatoms. The summed E-state index contributed by atoms with van der Waals surface area (Å²) in [6.07, 6.45) is 0.550. The highest BCUT2D eigenvalue weighted by atomic mass is 16.3. The molecule has 1 fully saturated rings. The first kappa shape index (κ1) is 9.52. The number of amides is 1. The van der Waals surface area contributed by atoms with Gasteiger partial charge in [0.15, 0.2) is 0 Å². The van der Waals surface area contributed by atoms with Crippen LogP contribution in [0.4, 0.5) is 0 Å². The molecule has 1 aliphatic rings. The molecule has 0 spiro atoms. The monoisotopic (exact) mass is 171 g/mol. The minimum atomic E-state index is -0.0440. The second-order valence-electron chi connectivity index (χ2n) is 4.53. The van der Waals surface area contributed by atoms with Gasteiger partial charge in [-0.2, -0.15) is 0 Å². The van der Waals surface area contributed by atoms with Gasteiger partial charge in [-0.25, -0.2) is 0 Å². The van der Waals surface area contributed by atoms with Crippen LogP contribution in [0.3, 0.4) is 0 Å². The molecule has 70 valence electrons. The molecule has 0 aromatic heterocycles. The van der Waals surface area contributed by atoms with E-state index in [2.05, 4.69) is 26.1 Å². The topological polar surface area (TPSA) is 49.3 Å². The van der Waals surface area contributed by atoms with Gasteiger partial charge in [0, 0.05) is 6.42 Å². The average Bonchev–Trinajstić information content (AvgIpc) is 2.29. The summed E-state index contributed by atoms with van der Waals surface area (Å²) in [6, 6.07) is -0.0440. The van der Waals surface area contributed by atoms with Gasteiger partial charge in [-0.1, -0.05) is 20.8 Å². The third-order valence-corrected chi connectivity index (χ3v) is 2.55. The average molecular weight is 171 g/mol. The summed E-state index contributed by atoms with van der Waals surface area (Å²) in [5.41, 5.74) is 0.0898. The number of hydrogen-bond acceptors (Lipinski definition) is 2. The number of carbonyl (C=O) groups excluding carboxylic acids is 1. The van der Waals surface area contributed by atoms with Crippen LogP contribution in [0.2, 0.25) is 0 Å². The van der Waals surface area contributed by atoms with Crippen molar-refractivity contribution in [1.82, 2.24) is 5.32 Å². The summed E-state index contributed by atoms with van der Waals surface area (Å²) in [5.74, 6) is 0.323. The maximum atomic E-state index is 11.0. The van der Waals surface area contributed by atoms with Gasteiger partial charge in [0.05, 0.1) is 12.6 Å². The summed E-state index contributed by atoms with van der Waals surface area (Å²) in [7, 11) is 0. The van der Waals surface area contributed by atoms with Crippen LogP contribution < -0.4 is 5.32 Å². The molecule has 12 heavy (non-hydrogen) atoms. The van der Waals surface area contributed by atoms with E-state index in [0.29, 0.717) is 6.42 Å². The van der Waals surface area contributed by atoms with Gasteiger partial charge in [-0.3, -0.25) is 4.79 Å². The Kier molecular flexibility index (Phi) is 2.42. The minimum Gasteiger partial charge on any atom is -0.394 e. The number of aliphatic hydroxyl groups excluding tert-OH is 1. The number of hydrogen-bond donors (Lipinski definition) is 2. The Bertz CT molecular complexity index is 183. The van der Waals surface area contributed by atoms with E-state index < -0.39 is 0 Å². The number of carbonyl (C=O) groups is 1. The number of rotatable bonds is 1. The van der Waals surface area contributed by atoms with Gasteiger partial charge >= 0.3 is 0 Å². The zero-order valence-electron chi connectivity index (χ0n) is 7.92. The van der Waals surface area contributed by atoms with Crippen LogP contribution >= 0.6 is 0 Å². The fraction of sp³-hybridized carbons (Fsp3) is 0.889. The lowest BCUT2D eigenvalue weighted by Gasteiger charge is -2.29. The molecule has 0 saturated carbocycles. The maximum Gasteiger partial charge on any atom is 0.220 e. The van der Waals surface area contributed by atoms with E-state index in [-0.39, 0.29) is 29.9 Å². The van der Waals surface area contributed by atoms with Crippen LogP contribution in [0.5, 0.6) is 0 Å². The molecular weight excluding hydrogens is 154 g/mol. The molecule has 2 N–H and O–H groups in total. The molecule has 2 atom stereocenters. The Morgan fingerprint density at radius 2 is 2.17 bits per heavy atom. The highest BCUT2D eigenvalue weighted by Gasteiger charge is 2.39. The van der Waals surface area contributed by atoms with Crippen molar-refractivity contribution < 1.29 is 9.90 Å². The fourth-order valence-electron chi connectivity index (χ4n) is 1.79. The van der Waals surface area contributed by atoms with Crippen molar-refractivity contribution in [2.75, 3.05) is 6.61 Å². The Labute approximate surface area is 73.2 Å². The second-order valence-corrected chi connectivity index (χ2v) is 4.53. The largest absolute Gasteiger partial charge is 0.394 e. The van der Waals surface area contributed by atoms with E-state index in [0.717, 1.165) is 0 Å². The maximum absolute atomic E-state index is 11.0. The quantitative estimate of drug-likeness (QED) is 0.604. The third-order valence-electron chi connectivity index (χ3n) is 2.55. The molecule has 0 unspecified atom stereocenters. The van der Waals surface area contributed by atoms with E-state index in [1.807, 2.05) is 0 Å².